The first-order valence-electron chi connectivity index (χ1n) is 9.12. The van der Waals surface area contributed by atoms with E-state index < -0.39 is 17.6 Å². The van der Waals surface area contributed by atoms with E-state index in [0.717, 1.165) is 35.4 Å². The number of nitrogens with zero attached hydrogens (tertiary/aromatic N) is 1. The molecule has 158 valence electrons. The highest BCUT2D eigenvalue weighted by Crippen LogP contribution is 2.34. The molecule has 2 aromatic rings. The number of benzene rings is 1. The Balaban J connectivity index is 1.59. The minimum atomic E-state index is -0.907. The second-order valence-corrected chi connectivity index (χ2v) is 9.11. The number of carbonyl (C=O) groups is 2. The highest BCUT2D eigenvalue weighted by Gasteiger charge is 2.32. The Morgan fingerprint density at radius 1 is 1.17 bits per heavy atom. The van der Waals surface area contributed by atoms with Gasteiger partial charge in [-0.3, -0.25) is 9.59 Å². The number of nitrogens with one attached hydrogen (secondary N) is 1. The third-order valence-electron chi connectivity index (χ3n) is 4.28. The number of carboxylic acids is 1. The molecule has 5 nitrogen and oxygen atoms in total. The Bertz CT molecular complexity index is 1010. The molecule has 2 N–H and O–H groups in total. The van der Waals surface area contributed by atoms with Crippen LogP contribution >= 0.6 is 35.3 Å². The zero-order valence-corrected chi connectivity index (χ0v) is 18.1. The summed E-state index contributed by atoms with van der Waals surface area (Å²) in [6.45, 7) is 0.513. The van der Waals surface area contributed by atoms with Gasteiger partial charge in [0.25, 0.3) is 5.91 Å². The van der Waals surface area contributed by atoms with Crippen molar-refractivity contribution in [2.75, 3.05) is 6.54 Å². The van der Waals surface area contributed by atoms with Crippen molar-refractivity contribution in [3.63, 3.8) is 0 Å². The minimum absolute atomic E-state index is 0.136. The Morgan fingerprint density at radius 3 is 2.70 bits per heavy atom. The van der Waals surface area contributed by atoms with Crippen LogP contribution in [-0.4, -0.2) is 32.9 Å². The monoisotopic (exact) mass is 468 g/mol. The largest absolute Gasteiger partial charge is 0.481 e. The van der Waals surface area contributed by atoms with Gasteiger partial charge in [-0.15, -0.1) is 11.3 Å². The van der Waals surface area contributed by atoms with Crippen LogP contribution in [0.4, 0.5) is 8.78 Å². The van der Waals surface area contributed by atoms with Crippen LogP contribution in [0.2, 0.25) is 0 Å². The zero-order chi connectivity index (χ0) is 21.7. The van der Waals surface area contributed by atoms with E-state index in [4.69, 9.17) is 17.3 Å². The van der Waals surface area contributed by atoms with Crippen LogP contribution in [0.5, 0.6) is 0 Å². The number of unbranched alkanes of at least 4 members (excludes halogenated alkanes) is 2. The lowest BCUT2D eigenvalue weighted by Gasteiger charge is -2.15. The molecule has 3 rings (SSSR count). The van der Waals surface area contributed by atoms with E-state index in [2.05, 4.69) is 5.43 Å². The molecule has 1 amide bonds. The van der Waals surface area contributed by atoms with Crippen LogP contribution in [-0.2, 0) is 9.59 Å². The van der Waals surface area contributed by atoms with E-state index in [1.165, 1.54) is 34.2 Å². The van der Waals surface area contributed by atoms with Gasteiger partial charge in [-0.2, -0.15) is 0 Å². The van der Waals surface area contributed by atoms with Gasteiger partial charge in [0.2, 0.25) is 0 Å². The van der Waals surface area contributed by atoms with E-state index in [1.807, 2.05) is 5.38 Å². The number of carbonyl (C=O) groups excluding carboxylic acids is 1. The fraction of sp³-hybridized carbons (Fsp3) is 0.250. The number of hydrogen-bond acceptors (Lipinski definition) is 6. The van der Waals surface area contributed by atoms with E-state index in [1.54, 1.807) is 12.1 Å². The number of thiocarbonyl (C=S) groups is 1. The SMILES string of the molecule is O=C(O)CCCCCNN1C(=O)/C(=C/c2cc(-c3ccc(F)c(F)c3)cs2)SC1=S. The predicted octanol–water partition coefficient (Wildman–Crippen LogP) is 5.04. The fourth-order valence-electron chi connectivity index (χ4n) is 2.76. The van der Waals surface area contributed by atoms with Gasteiger partial charge in [-0.1, -0.05) is 36.5 Å². The Morgan fingerprint density at radius 2 is 1.97 bits per heavy atom. The van der Waals surface area contributed by atoms with Crippen molar-refractivity contribution in [2.24, 2.45) is 0 Å². The van der Waals surface area contributed by atoms with Gasteiger partial charge in [0.1, 0.15) is 0 Å². The number of carboxylic acid groups (broad SMARTS) is 1. The minimum Gasteiger partial charge on any atom is -0.481 e. The smallest absolute Gasteiger partial charge is 0.303 e. The highest BCUT2D eigenvalue weighted by molar-refractivity contribution is 8.26. The maximum Gasteiger partial charge on any atom is 0.303 e. The Kier molecular flexibility index (Phi) is 7.70. The molecule has 0 bridgehead atoms. The number of hydrazine groups is 1. The lowest BCUT2D eigenvalue weighted by atomic mass is 10.1. The molecule has 1 aliphatic heterocycles. The molecule has 0 saturated carbocycles. The van der Waals surface area contributed by atoms with Crippen molar-refractivity contribution < 1.29 is 23.5 Å². The van der Waals surface area contributed by atoms with Crippen LogP contribution in [0.25, 0.3) is 17.2 Å². The van der Waals surface area contributed by atoms with Crippen LogP contribution in [0.15, 0.2) is 34.6 Å². The summed E-state index contributed by atoms with van der Waals surface area (Å²) in [7, 11) is 0. The summed E-state index contributed by atoms with van der Waals surface area (Å²) in [6, 6.07) is 5.53. The molecule has 0 unspecified atom stereocenters. The van der Waals surface area contributed by atoms with Gasteiger partial charge in [0, 0.05) is 17.8 Å². The first-order chi connectivity index (χ1) is 14.3. The van der Waals surface area contributed by atoms with Crippen LogP contribution in [0.3, 0.4) is 0 Å². The van der Waals surface area contributed by atoms with E-state index in [0.29, 0.717) is 27.8 Å². The van der Waals surface area contributed by atoms with Crippen LogP contribution in [0, 0.1) is 11.6 Å². The fourth-order valence-corrected chi connectivity index (χ4v) is 4.89. The number of aliphatic carboxylic acids is 1. The zero-order valence-electron chi connectivity index (χ0n) is 15.7. The van der Waals surface area contributed by atoms with Crippen molar-refractivity contribution in [1.29, 1.82) is 0 Å². The van der Waals surface area contributed by atoms with Gasteiger partial charge in [0.05, 0.1) is 4.91 Å². The number of rotatable bonds is 9. The molecule has 1 fully saturated rings. The van der Waals surface area contributed by atoms with Crippen molar-refractivity contribution in [2.45, 2.75) is 25.7 Å². The molecule has 10 heteroatoms. The molecule has 2 heterocycles. The molecule has 1 saturated heterocycles. The number of thiophene rings is 1. The van der Waals surface area contributed by atoms with Gasteiger partial charge in [-0.25, -0.2) is 19.2 Å². The average Bonchev–Trinajstić information content (AvgIpc) is 3.26. The molecule has 0 spiro atoms. The Labute approximate surface area is 185 Å². The van der Waals surface area contributed by atoms with Crippen molar-refractivity contribution in [3.8, 4) is 11.1 Å². The number of thioether (sulfide) groups is 1. The molecular weight excluding hydrogens is 450 g/mol. The maximum absolute atomic E-state index is 13.5. The molecular formula is C20H18F2N2O3S3. The molecule has 0 atom stereocenters. The predicted molar refractivity (Wildman–Crippen MR) is 119 cm³/mol. The second kappa shape index (κ2) is 10.3. The lowest BCUT2D eigenvalue weighted by molar-refractivity contribution is -0.137. The molecule has 30 heavy (non-hydrogen) atoms. The second-order valence-electron chi connectivity index (χ2n) is 6.50. The molecule has 1 aliphatic rings. The quantitative estimate of drug-likeness (QED) is 0.305. The van der Waals surface area contributed by atoms with Gasteiger partial charge in [0.15, 0.2) is 16.0 Å². The van der Waals surface area contributed by atoms with Gasteiger partial charge >= 0.3 is 5.97 Å². The molecule has 0 radical (unpaired) electrons. The van der Waals surface area contributed by atoms with Crippen molar-refractivity contribution in [3.05, 3.63) is 51.1 Å². The topological polar surface area (TPSA) is 69.6 Å². The van der Waals surface area contributed by atoms with E-state index in [-0.39, 0.29) is 12.3 Å². The van der Waals surface area contributed by atoms with Crippen LogP contribution < -0.4 is 5.43 Å². The summed E-state index contributed by atoms with van der Waals surface area (Å²) in [5.74, 6) is -2.87. The van der Waals surface area contributed by atoms with Crippen molar-refractivity contribution >= 4 is 57.6 Å². The van der Waals surface area contributed by atoms with Gasteiger partial charge in [-0.05, 0) is 53.6 Å². The Hall–Kier alpha value is -2.14. The third-order valence-corrected chi connectivity index (χ3v) is 6.46. The summed E-state index contributed by atoms with van der Waals surface area (Å²) in [4.78, 5) is 24.4. The summed E-state index contributed by atoms with van der Waals surface area (Å²) >= 11 is 7.84. The standard InChI is InChI=1S/C20H18F2N2O3S3/c21-15-6-5-12(9-16(15)22)13-8-14(29-11-13)10-17-19(27)24(20(28)30-17)23-7-3-1-2-4-18(25)26/h5-6,8-11,23H,1-4,7H2,(H,25,26)/b17-10-. The summed E-state index contributed by atoms with van der Waals surface area (Å²) in [5.41, 5.74) is 4.28. The first kappa shape index (κ1) is 22.5. The summed E-state index contributed by atoms with van der Waals surface area (Å²) in [6.07, 6.45) is 3.92. The average molecular weight is 469 g/mol. The van der Waals surface area contributed by atoms with Crippen molar-refractivity contribution in [1.82, 2.24) is 10.4 Å². The summed E-state index contributed by atoms with van der Waals surface area (Å²) in [5, 5.41) is 11.8. The number of hydrogen-bond donors (Lipinski definition) is 2. The van der Waals surface area contributed by atoms with Crippen LogP contribution in [0.1, 0.15) is 30.6 Å². The van der Waals surface area contributed by atoms with Gasteiger partial charge < -0.3 is 5.11 Å². The normalized spacial score (nSPS) is 15.4. The third kappa shape index (κ3) is 5.72. The van der Waals surface area contributed by atoms with E-state index in [9.17, 15) is 18.4 Å². The molecule has 0 aliphatic carbocycles. The van der Waals surface area contributed by atoms with E-state index >= 15 is 0 Å². The lowest BCUT2D eigenvalue weighted by Crippen LogP contribution is -2.41. The number of halogens is 2. The molecule has 1 aromatic heterocycles. The summed E-state index contributed by atoms with van der Waals surface area (Å²) < 4.78 is 27.0. The first-order valence-corrected chi connectivity index (χ1v) is 11.2. The maximum atomic E-state index is 13.5. The highest BCUT2D eigenvalue weighted by atomic mass is 32.2. The molecule has 1 aromatic carbocycles. The number of amides is 1.